The molecule has 4 aromatic rings. The third-order valence-electron chi connectivity index (χ3n) is 6.70. The number of halogens is 1. The minimum absolute atomic E-state index is 0.00369. The van der Waals surface area contributed by atoms with Gasteiger partial charge < -0.3 is 21.1 Å². The van der Waals surface area contributed by atoms with Crippen LogP contribution in [0.3, 0.4) is 0 Å². The third-order valence-corrected chi connectivity index (χ3v) is 6.70. The molecule has 10 heteroatoms. The predicted octanol–water partition coefficient (Wildman–Crippen LogP) is 5.27. The van der Waals surface area contributed by atoms with Gasteiger partial charge in [-0.1, -0.05) is 20.8 Å². The van der Waals surface area contributed by atoms with Crippen molar-refractivity contribution in [3.63, 3.8) is 0 Å². The first-order chi connectivity index (χ1) is 18.4. The summed E-state index contributed by atoms with van der Waals surface area (Å²) in [7, 11) is 1.97. The summed E-state index contributed by atoms with van der Waals surface area (Å²) in [4.78, 5) is 19.0. The highest BCUT2D eigenvalue weighted by Gasteiger charge is 2.34. The first-order valence-electron chi connectivity index (χ1n) is 12.8. The number of amides is 1. The standard InChI is InChI=1S/C18H16FN5O2.C8H12N2.C2H6/c1-9-12(6-23-18-17(9)21-2-3-26-18)11-4-10-5-14(24-8-25)22-7-13(10)16(20)15(11)19;1-6-3-8(6)7-4-9-10(2)5-7;1-2/h4-8,21H,2-3,20H2,1H3,(H,22,24,25);4-6,8H,3H2,1-2H3;1-2H3/t;6-,8?;/m.1./s1. The maximum Gasteiger partial charge on any atom is 0.237 e. The van der Waals surface area contributed by atoms with E-state index in [-0.39, 0.29) is 5.69 Å². The molecule has 1 fully saturated rings. The van der Waals surface area contributed by atoms with Crippen LogP contribution in [-0.4, -0.2) is 39.3 Å². The van der Waals surface area contributed by atoms with E-state index in [9.17, 15) is 9.18 Å². The van der Waals surface area contributed by atoms with Crippen molar-refractivity contribution in [1.29, 1.82) is 0 Å². The molecule has 1 aromatic carbocycles. The highest BCUT2D eigenvalue weighted by Crippen LogP contribution is 2.46. The number of aryl methyl sites for hydroxylation is 1. The van der Waals surface area contributed by atoms with Crippen LogP contribution in [0.15, 0.2) is 36.9 Å². The van der Waals surface area contributed by atoms with Gasteiger partial charge in [-0.3, -0.25) is 9.48 Å². The monoisotopic (exact) mass is 519 g/mol. The summed E-state index contributed by atoms with van der Waals surface area (Å²) in [5.74, 6) is 2.04. The normalized spacial score (nSPS) is 17.0. The number of aromatic nitrogens is 4. The first-order valence-corrected chi connectivity index (χ1v) is 12.8. The summed E-state index contributed by atoms with van der Waals surface area (Å²) in [5, 5.41) is 11.0. The summed E-state index contributed by atoms with van der Waals surface area (Å²) in [6.45, 7) is 9.37. The Morgan fingerprint density at radius 2 is 1.97 bits per heavy atom. The molecule has 38 heavy (non-hydrogen) atoms. The summed E-state index contributed by atoms with van der Waals surface area (Å²) in [6.07, 6.45) is 9.01. The maximum atomic E-state index is 15.0. The van der Waals surface area contributed by atoms with Gasteiger partial charge in [0, 0.05) is 48.7 Å². The van der Waals surface area contributed by atoms with Crippen LogP contribution < -0.4 is 21.1 Å². The zero-order valence-electron chi connectivity index (χ0n) is 22.4. The maximum absolute atomic E-state index is 15.0. The smallest absolute Gasteiger partial charge is 0.237 e. The highest BCUT2D eigenvalue weighted by atomic mass is 19.1. The fourth-order valence-corrected chi connectivity index (χ4v) is 4.54. The Bertz CT molecular complexity index is 1450. The molecule has 0 saturated heterocycles. The van der Waals surface area contributed by atoms with Crippen molar-refractivity contribution in [2.45, 2.75) is 40.0 Å². The van der Waals surface area contributed by atoms with E-state index in [2.05, 4.69) is 38.8 Å². The molecule has 4 N–H and O–H groups in total. The van der Waals surface area contributed by atoms with Gasteiger partial charge in [0.1, 0.15) is 18.1 Å². The van der Waals surface area contributed by atoms with E-state index in [1.165, 1.54) is 18.2 Å². The molecule has 1 aliphatic carbocycles. The van der Waals surface area contributed by atoms with Crippen LogP contribution >= 0.6 is 0 Å². The molecular weight excluding hydrogens is 485 g/mol. The van der Waals surface area contributed by atoms with E-state index < -0.39 is 5.82 Å². The van der Waals surface area contributed by atoms with Crippen molar-refractivity contribution in [2.24, 2.45) is 13.0 Å². The molecule has 0 spiro atoms. The van der Waals surface area contributed by atoms with Gasteiger partial charge in [0.05, 0.1) is 11.9 Å². The number of nitrogens with zero attached hydrogens (tertiary/aromatic N) is 4. The van der Waals surface area contributed by atoms with E-state index in [1.807, 2.05) is 38.7 Å². The number of nitrogens with one attached hydrogen (secondary N) is 2. The number of carbonyl (C=O) groups is 1. The number of nitrogens with two attached hydrogens (primary N) is 1. The van der Waals surface area contributed by atoms with Crippen LogP contribution in [0.5, 0.6) is 5.88 Å². The molecule has 6 rings (SSSR count). The second-order valence-electron chi connectivity index (χ2n) is 9.22. The highest BCUT2D eigenvalue weighted by molar-refractivity contribution is 5.99. The molecule has 3 aromatic heterocycles. The molecule has 1 aliphatic heterocycles. The lowest BCUT2D eigenvalue weighted by Crippen LogP contribution is -2.20. The van der Waals surface area contributed by atoms with Crippen molar-refractivity contribution in [1.82, 2.24) is 19.7 Å². The van der Waals surface area contributed by atoms with Gasteiger partial charge >= 0.3 is 0 Å². The minimum Gasteiger partial charge on any atom is -0.474 e. The fourth-order valence-electron chi connectivity index (χ4n) is 4.54. The molecule has 0 radical (unpaired) electrons. The average Bonchev–Trinajstić information content (AvgIpc) is 3.51. The summed E-state index contributed by atoms with van der Waals surface area (Å²) < 4.78 is 22.4. The second-order valence-corrected chi connectivity index (χ2v) is 9.22. The van der Waals surface area contributed by atoms with Gasteiger partial charge in [-0.2, -0.15) is 5.10 Å². The number of hydrogen-bond acceptors (Lipinski definition) is 7. The van der Waals surface area contributed by atoms with Crippen LogP contribution in [0.2, 0.25) is 0 Å². The predicted molar refractivity (Wildman–Crippen MR) is 149 cm³/mol. The molecule has 200 valence electrons. The number of nitrogen functional groups attached to an aromatic ring is 1. The number of hydrogen-bond donors (Lipinski definition) is 3. The molecule has 4 heterocycles. The average molecular weight is 520 g/mol. The molecule has 1 saturated carbocycles. The molecule has 1 amide bonds. The zero-order chi connectivity index (χ0) is 27.4. The van der Waals surface area contributed by atoms with Crippen LogP contribution in [0.25, 0.3) is 21.9 Å². The van der Waals surface area contributed by atoms with Crippen molar-refractivity contribution >= 4 is 34.4 Å². The Kier molecular flexibility index (Phi) is 8.09. The number of fused-ring (bicyclic) bond motifs is 2. The number of anilines is 3. The number of carbonyl (C=O) groups excluding carboxylic acids is 1. The third kappa shape index (κ3) is 5.39. The number of rotatable bonds is 4. The number of ether oxygens (including phenoxy) is 1. The van der Waals surface area contributed by atoms with Crippen LogP contribution in [-0.2, 0) is 11.8 Å². The fraction of sp³-hybridized carbons (Fsp3) is 0.357. The van der Waals surface area contributed by atoms with Crippen molar-refractivity contribution in [3.05, 3.63) is 53.9 Å². The first kappa shape index (κ1) is 26.8. The van der Waals surface area contributed by atoms with E-state index in [0.717, 1.165) is 23.1 Å². The Balaban J connectivity index is 0.000000233. The number of benzene rings is 1. The van der Waals surface area contributed by atoms with Crippen molar-refractivity contribution < 1.29 is 13.9 Å². The van der Waals surface area contributed by atoms with E-state index in [4.69, 9.17) is 10.5 Å². The van der Waals surface area contributed by atoms with Gasteiger partial charge in [0.25, 0.3) is 0 Å². The van der Waals surface area contributed by atoms with Gasteiger partial charge in [-0.15, -0.1) is 0 Å². The summed E-state index contributed by atoms with van der Waals surface area (Å²) in [6, 6.07) is 3.32. The van der Waals surface area contributed by atoms with E-state index in [1.54, 1.807) is 18.3 Å². The Hall–Kier alpha value is -4.21. The zero-order valence-corrected chi connectivity index (χ0v) is 22.4. The lowest BCUT2D eigenvalue weighted by molar-refractivity contribution is -0.105. The molecule has 1 unspecified atom stereocenters. The molecule has 0 bridgehead atoms. The van der Waals surface area contributed by atoms with E-state index in [0.29, 0.717) is 53.2 Å². The lowest BCUT2D eigenvalue weighted by atomic mass is 9.97. The van der Waals surface area contributed by atoms with Gasteiger partial charge in [0.15, 0.2) is 5.82 Å². The summed E-state index contributed by atoms with van der Waals surface area (Å²) >= 11 is 0. The van der Waals surface area contributed by atoms with Crippen LogP contribution in [0.4, 0.5) is 21.6 Å². The molecular formula is C28H34FN7O2. The largest absolute Gasteiger partial charge is 0.474 e. The van der Waals surface area contributed by atoms with Gasteiger partial charge in [-0.05, 0) is 53.8 Å². The van der Waals surface area contributed by atoms with Crippen LogP contribution in [0.1, 0.15) is 44.2 Å². The van der Waals surface area contributed by atoms with Gasteiger partial charge in [0.2, 0.25) is 12.3 Å². The quantitative estimate of drug-likeness (QED) is 0.248. The van der Waals surface area contributed by atoms with Crippen molar-refractivity contribution in [2.75, 3.05) is 29.5 Å². The topological polar surface area (TPSA) is 120 Å². The molecule has 9 nitrogen and oxygen atoms in total. The minimum atomic E-state index is -0.531. The van der Waals surface area contributed by atoms with E-state index >= 15 is 0 Å². The number of pyridine rings is 2. The Morgan fingerprint density at radius 3 is 2.63 bits per heavy atom. The Morgan fingerprint density at radius 1 is 1.21 bits per heavy atom. The van der Waals surface area contributed by atoms with Gasteiger partial charge in [-0.25, -0.2) is 14.4 Å². The lowest BCUT2D eigenvalue weighted by Gasteiger charge is -2.22. The second kappa shape index (κ2) is 11.5. The molecule has 2 aliphatic rings. The SMILES string of the molecule is CC.C[C@@H]1CC1c1cnn(C)c1.Cc1c(-c2cc3cc(NC=O)ncc3c(N)c2F)cnc2c1NCCO2. The summed E-state index contributed by atoms with van der Waals surface area (Å²) in [5.41, 5.74) is 9.95. The van der Waals surface area contributed by atoms with Crippen LogP contribution in [0, 0.1) is 18.7 Å². The molecule has 2 atom stereocenters. The Labute approximate surface area is 221 Å². The van der Waals surface area contributed by atoms with Crippen molar-refractivity contribution in [3.8, 4) is 17.0 Å².